The first-order valence-corrected chi connectivity index (χ1v) is 13.0. The summed E-state index contributed by atoms with van der Waals surface area (Å²) in [6.07, 6.45) is 4.15. The van der Waals surface area contributed by atoms with Crippen LogP contribution in [-0.4, -0.2) is 47.7 Å². The van der Waals surface area contributed by atoms with Crippen LogP contribution in [0.3, 0.4) is 0 Å². The fourth-order valence-electron chi connectivity index (χ4n) is 4.24. The maximum Gasteiger partial charge on any atom is 0.252 e. The molecule has 0 bridgehead atoms. The minimum atomic E-state index is -0.582. The number of fused-ring (bicyclic) bond motifs is 1. The van der Waals surface area contributed by atoms with E-state index in [-0.39, 0.29) is 11.8 Å². The molecule has 0 saturated heterocycles. The van der Waals surface area contributed by atoms with Crippen molar-refractivity contribution in [3.63, 3.8) is 0 Å². The number of carbonyl (C=O) groups excluding carboxylic acids is 2. The van der Waals surface area contributed by atoms with Gasteiger partial charge in [-0.2, -0.15) is 0 Å². The molecule has 0 spiro atoms. The molecule has 3 rings (SSSR count). The van der Waals surface area contributed by atoms with E-state index in [1.807, 2.05) is 25.1 Å². The molecule has 0 aliphatic heterocycles. The third kappa shape index (κ3) is 6.24. The van der Waals surface area contributed by atoms with Crippen LogP contribution in [0.4, 0.5) is 0 Å². The molecular weight excluding hydrogens is 448 g/mol. The Bertz CT molecular complexity index is 1070. The molecule has 34 heavy (non-hydrogen) atoms. The Labute approximate surface area is 205 Å². The lowest BCUT2D eigenvalue weighted by atomic mass is 10.1. The Hall–Kier alpha value is -2.71. The van der Waals surface area contributed by atoms with Gasteiger partial charge in [-0.15, -0.1) is 11.3 Å². The molecule has 2 aromatic heterocycles. The Morgan fingerprint density at radius 2 is 1.97 bits per heavy atom. The van der Waals surface area contributed by atoms with E-state index in [4.69, 9.17) is 9.72 Å². The molecule has 1 atom stereocenters. The number of amides is 2. The molecular formula is C26H36N4O3S. The summed E-state index contributed by atoms with van der Waals surface area (Å²) in [5, 5.41) is 7.81. The SMILES string of the molecule is CCC[C@H](NC(=O)c1ccc2c(c1)nc(Cc1cccs1)n2C(CC)CC)C(=O)NCCOC. The van der Waals surface area contributed by atoms with E-state index < -0.39 is 6.04 Å². The van der Waals surface area contributed by atoms with Crippen LogP contribution in [0.15, 0.2) is 35.7 Å². The zero-order chi connectivity index (χ0) is 24.5. The van der Waals surface area contributed by atoms with Crippen LogP contribution in [0.1, 0.15) is 73.6 Å². The predicted molar refractivity (Wildman–Crippen MR) is 138 cm³/mol. The Balaban J connectivity index is 1.86. The molecule has 0 aliphatic rings. The number of ether oxygens (including phenoxy) is 1. The average molecular weight is 485 g/mol. The van der Waals surface area contributed by atoms with Crippen molar-refractivity contribution >= 4 is 34.2 Å². The van der Waals surface area contributed by atoms with E-state index in [9.17, 15) is 9.59 Å². The number of nitrogens with one attached hydrogen (secondary N) is 2. The first-order chi connectivity index (χ1) is 16.5. The van der Waals surface area contributed by atoms with E-state index >= 15 is 0 Å². The molecule has 1 aromatic carbocycles. The van der Waals surface area contributed by atoms with Gasteiger partial charge in [-0.3, -0.25) is 9.59 Å². The van der Waals surface area contributed by atoms with Crippen LogP contribution in [0.2, 0.25) is 0 Å². The molecule has 0 fully saturated rings. The van der Waals surface area contributed by atoms with Gasteiger partial charge in [0.05, 0.1) is 17.6 Å². The van der Waals surface area contributed by atoms with Crippen molar-refractivity contribution in [2.75, 3.05) is 20.3 Å². The second kappa shape index (κ2) is 12.7. The number of hydrogen-bond donors (Lipinski definition) is 2. The van der Waals surface area contributed by atoms with Gasteiger partial charge in [0, 0.05) is 36.6 Å². The van der Waals surface area contributed by atoms with Gasteiger partial charge in [0.1, 0.15) is 11.9 Å². The Morgan fingerprint density at radius 3 is 2.62 bits per heavy atom. The van der Waals surface area contributed by atoms with Gasteiger partial charge in [-0.1, -0.05) is 33.3 Å². The van der Waals surface area contributed by atoms with E-state index in [1.165, 1.54) is 4.88 Å². The first kappa shape index (κ1) is 25.9. The third-order valence-corrected chi connectivity index (χ3v) is 6.93. The van der Waals surface area contributed by atoms with Crippen molar-refractivity contribution in [1.82, 2.24) is 20.2 Å². The van der Waals surface area contributed by atoms with Gasteiger partial charge in [0.25, 0.3) is 5.91 Å². The maximum atomic E-state index is 13.1. The fourth-order valence-corrected chi connectivity index (χ4v) is 4.94. The quantitative estimate of drug-likeness (QED) is 0.344. The minimum Gasteiger partial charge on any atom is -0.383 e. The highest BCUT2D eigenvalue weighted by Gasteiger charge is 2.22. The van der Waals surface area contributed by atoms with Gasteiger partial charge >= 0.3 is 0 Å². The van der Waals surface area contributed by atoms with Gasteiger partial charge < -0.3 is 19.9 Å². The van der Waals surface area contributed by atoms with Crippen LogP contribution in [0.5, 0.6) is 0 Å². The summed E-state index contributed by atoms with van der Waals surface area (Å²) in [4.78, 5) is 31.8. The summed E-state index contributed by atoms with van der Waals surface area (Å²) < 4.78 is 7.32. The Morgan fingerprint density at radius 1 is 1.18 bits per heavy atom. The van der Waals surface area contributed by atoms with Crippen molar-refractivity contribution < 1.29 is 14.3 Å². The topological polar surface area (TPSA) is 85.2 Å². The number of methoxy groups -OCH3 is 1. The number of thiophene rings is 1. The number of aromatic nitrogens is 2. The second-order valence-corrected chi connectivity index (χ2v) is 9.46. The highest BCUT2D eigenvalue weighted by molar-refractivity contribution is 7.09. The van der Waals surface area contributed by atoms with Crippen LogP contribution in [-0.2, 0) is 16.0 Å². The molecule has 0 aliphatic carbocycles. The van der Waals surface area contributed by atoms with Crippen LogP contribution < -0.4 is 10.6 Å². The van der Waals surface area contributed by atoms with Crippen LogP contribution in [0, 0.1) is 0 Å². The van der Waals surface area contributed by atoms with Crippen molar-refractivity contribution in [1.29, 1.82) is 0 Å². The van der Waals surface area contributed by atoms with E-state index in [1.54, 1.807) is 18.4 Å². The number of hydrogen-bond acceptors (Lipinski definition) is 5. The summed E-state index contributed by atoms with van der Waals surface area (Å²) in [6, 6.07) is 9.62. The average Bonchev–Trinajstić information content (AvgIpc) is 3.47. The molecule has 0 radical (unpaired) electrons. The number of rotatable bonds is 13. The van der Waals surface area contributed by atoms with Crippen LogP contribution >= 0.6 is 11.3 Å². The molecule has 2 amide bonds. The zero-order valence-electron chi connectivity index (χ0n) is 20.6. The van der Waals surface area contributed by atoms with Crippen molar-refractivity contribution in [3.8, 4) is 0 Å². The molecule has 184 valence electrons. The molecule has 3 aromatic rings. The number of benzene rings is 1. The lowest BCUT2D eigenvalue weighted by Crippen LogP contribution is -2.47. The number of nitrogens with zero attached hydrogens (tertiary/aromatic N) is 2. The summed E-state index contributed by atoms with van der Waals surface area (Å²) in [5.74, 6) is 0.564. The monoisotopic (exact) mass is 484 g/mol. The molecule has 7 nitrogen and oxygen atoms in total. The molecule has 0 saturated carbocycles. The first-order valence-electron chi connectivity index (χ1n) is 12.1. The summed E-state index contributed by atoms with van der Waals surface area (Å²) in [6.45, 7) is 7.23. The molecule has 0 unspecified atom stereocenters. The lowest BCUT2D eigenvalue weighted by molar-refractivity contribution is -0.123. The zero-order valence-corrected chi connectivity index (χ0v) is 21.4. The minimum absolute atomic E-state index is 0.190. The smallest absolute Gasteiger partial charge is 0.252 e. The predicted octanol–water partition coefficient (Wildman–Crippen LogP) is 4.71. The van der Waals surface area contributed by atoms with Crippen molar-refractivity contribution in [2.45, 2.75) is 65.0 Å². The summed E-state index contributed by atoms with van der Waals surface area (Å²) in [7, 11) is 1.59. The molecule has 2 heterocycles. The standard InChI is InChI=1S/C26H36N4O3S/c1-5-9-21(26(32)27-13-14-33-4)29-25(31)18-11-12-23-22(16-18)28-24(17-20-10-8-15-34-20)30(23)19(6-2)7-3/h8,10-12,15-16,19,21H,5-7,9,13-14,17H2,1-4H3,(H,27,32)(H,29,31)/t21-/m0/s1. The fraction of sp³-hybridized carbons (Fsp3) is 0.500. The van der Waals surface area contributed by atoms with Crippen molar-refractivity contribution in [2.24, 2.45) is 0 Å². The van der Waals surface area contributed by atoms with Gasteiger partial charge in [-0.05, 0) is 48.9 Å². The second-order valence-electron chi connectivity index (χ2n) is 8.43. The van der Waals surface area contributed by atoms with E-state index in [0.29, 0.717) is 31.2 Å². The normalized spacial score (nSPS) is 12.3. The highest BCUT2D eigenvalue weighted by atomic mass is 32.1. The van der Waals surface area contributed by atoms with Gasteiger partial charge in [0.15, 0.2) is 0 Å². The lowest BCUT2D eigenvalue weighted by Gasteiger charge is -2.19. The molecule has 2 N–H and O–H groups in total. The molecule has 8 heteroatoms. The maximum absolute atomic E-state index is 13.1. The van der Waals surface area contributed by atoms with Crippen molar-refractivity contribution in [3.05, 3.63) is 52.0 Å². The number of imidazole rings is 1. The van der Waals surface area contributed by atoms with E-state index in [0.717, 1.165) is 42.5 Å². The van der Waals surface area contributed by atoms with E-state index in [2.05, 4.69) is 46.6 Å². The van der Waals surface area contributed by atoms with Crippen LogP contribution in [0.25, 0.3) is 11.0 Å². The highest BCUT2D eigenvalue weighted by Crippen LogP contribution is 2.28. The van der Waals surface area contributed by atoms with Gasteiger partial charge in [-0.25, -0.2) is 4.98 Å². The number of carbonyl (C=O) groups is 2. The Kier molecular flexibility index (Phi) is 9.65. The largest absolute Gasteiger partial charge is 0.383 e. The summed E-state index contributed by atoms with van der Waals surface area (Å²) in [5.41, 5.74) is 2.36. The van der Waals surface area contributed by atoms with Gasteiger partial charge in [0.2, 0.25) is 5.91 Å². The summed E-state index contributed by atoms with van der Waals surface area (Å²) >= 11 is 1.73. The third-order valence-electron chi connectivity index (χ3n) is 6.05.